The Kier molecular flexibility index (Phi) is 3.86. The van der Waals surface area contributed by atoms with Crippen molar-refractivity contribution in [3.05, 3.63) is 23.8 Å². The molecule has 1 aliphatic rings. The molecule has 0 aromatic carbocycles. The van der Waals surface area contributed by atoms with Crippen molar-refractivity contribution in [3.8, 4) is 0 Å². The van der Waals surface area contributed by atoms with E-state index in [1.165, 1.54) is 0 Å². The van der Waals surface area contributed by atoms with Gasteiger partial charge in [0.25, 0.3) is 0 Å². The molecule has 0 bridgehead atoms. The number of hydrogen-bond donors (Lipinski definition) is 1. The smallest absolute Gasteiger partial charge is 0.158 e. The molecule has 3 unspecified atom stereocenters. The fourth-order valence-corrected chi connectivity index (χ4v) is 2.15. The summed E-state index contributed by atoms with van der Waals surface area (Å²) in [6.07, 6.45) is 2.76. The van der Waals surface area contributed by atoms with Crippen LogP contribution in [0.15, 0.2) is 23.8 Å². The van der Waals surface area contributed by atoms with E-state index >= 15 is 0 Å². The fourth-order valence-electron chi connectivity index (χ4n) is 2.15. The van der Waals surface area contributed by atoms with Crippen LogP contribution in [0.2, 0.25) is 0 Å². The van der Waals surface area contributed by atoms with E-state index < -0.39 is 0 Å². The molecule has 0 amide bonds. The number of rotatable bonds is 3. The van der Waals surface area contributed by atoms with E-state index in [-0.39, 0.29) is 23.7 Å². The lowest BCUT2D eigenvalue weighted by Gasteiger charge is -2.32. The van der Waals surface area contributed by atoms with Crippen LogP contribution < -0.4 is 0 Å². The van der Waals surface area contributed by atoms with Crippen molar-refractivity contribution in [2.24, 2.45) is 11.8 Å². The van der Waals surface area contributed by atoms with Crippen molar-refractivity contribution < 1.29 is 9.90 Å². The first-order valence-electron chi connectivity index (χ1n) is 5.52. The standard InChI is InChI=1S/C13H20O2/c1-5-12(14)11-6-9(4)13(15)7-10(11)8(2)3/h6,10-12,14H,2,5,7H2,1,3-4H3. The minimum absolute atomic E-state index is 0.0604. The molecular formula is C13H20O2. The van der Waals surface area contributed by atoms with Gasteiger partial charge < -0.3 is 5.11 Å². The highest BCUT2D eigenvalue weighted by Crippen LogP contribution is 2.34. The predicted octanol–water partition coefficient (Wildman–Crippen LogP) is 2.48. The van der Waals surface area contributed by atoms with Crippen molar-refractivity contribution in [1.82, 2.24) is 0 Å². The lowest BCUT2D eigenvalue weighted by atomic mass is 9.74. The van der Waals surface area contributed by atoms with Crippen LogP contribution >= 0.6 is 0 Å². The number of carbonyl (C=O) groups is 1. The van der Waals surface area contributed by atoms with E-state index in [4.69, 9.17) is 0 Å². The maximum atomic E-state index is 11.6. The first kappa shape index (κ1) is 12.2. The molecule has 2 heteroatoms. The minimum Gasteiger partial charge on any atom is -0.393 e. The zero-order valence-electron chi connectivity index (χ0n) is 9.79. The second-order valence-corrected chi connectivity index (χ2v) is 4.48. The van der Waals surface area contributed by atoms with Crippen molar-refractivity contribution in [1.29, 1.82) is 0 Å². The lowest BCUT2D eigenvalue weighted by molar-refractivity contribution is -0.117. The Morgan fingerprint density at radius 1 is 1.73 bits per heavy atom. The predicted molar refractivity (Wildman–Crippen MR) is 61.5 cm³/mol. The molecule has 1 N–H and O–H groups in total. The maximum Gasteiger partial charge on any atom is 0.158 e. The molecule has 0 aliphatic heterocycles. The molecule has 0 saturated carbocycles. The normalized spacial score (nSPS) is 28.5. The summed E-state index contributed by atoms with van der Waals surface area (Å²) in [5.41, 5.74) is 1.77. The second kappa shape index (κ2) is 4.75. The number of aliphatic hydroxyl groups excluding tert-OH is 1. The highest BCUT2D eigenvalue weighted by atomic mass is 16.3. The van der Waals surface area contributed by atoms with Gasteiger partial charge in [0.15, 0.2) is 5.78 Å². The molecule has 84 valence electrons. The van der Waals surface area contributed by atoms with Crippen molar-refractivity contribution >= 4 is 5.78 Å². The third-order valence-electron chi connectivity index (χ3n) is 3.25. The molecule has 1 aliphatic carbocycles. The van der Waals surface area contributed by atoms with Gasteiger partial charge in [-0.1, -0.05) is 25.2 Å². The zero-order valence-corrected chi connectivity index (χ0v) is 9.79. The molecule has 3 atom stereocenters. The number of allylic oxidation sites excluding steroid dienone is 2. The van der Waals surface area contributed by atoms with Crippen molar-refractivity contribution in [2.75, 3.05) is 0 Å². The average Bonchev–Trinajstić information content (AvgIpc) is 2.20. The van der Waals surface area contributed by atoms with E-state index in [0.717, 1.165) is 11.1 Å². The SMILES string of the molecule is C=C(C)C1CC(=O)C(C)=CC1C(O)CC. The zero-order chi connectivity index (χ0) is 11.6. The molecular weight excluding hydrogens is 188 g/mol. The van der Waals surface area contributed by atoms with Gasteiger partial charge in [-0.15, -0.1) is 0 Å². The van der Waals surface area contributed by atoms with Gasteiger partial charge in [-0.3, -0.25) is 4.79 Å². The van der Waals surface area contributed by atoms with Crippen LogP contribution in [0.5, 0.6) is 0 Å². The molecule has 0 heterocycles. The van der Waals surface area contributed by atoms with Crippen LogP contribution in [0, 0.1) is 11.8 Å². The topological polar surface area (TPSA) is 37.3 Å². The quantitative estimate of drug-likeness (QED) is 0.723. The first-order valence-corrected chi connectivity index (χ1v) is 5.52. The molecule has 0 radical (unpaired) electrons. The summed E-state index contributed by atoms with van der Waals surface area (Å²) in [4.78, 5) is 11.6. The molecule has 1 rings (SSSR count). The monoisotopic (exact) mass is 208 g/mol. The van der Waals surface area contributed by atoms with Crippen molar-refractivity contribution in [3.63, 3.8) is 0 Å². The summed E-state index contributed by atoms with van der Waals surface area (Å²) in [6.45, 7) is 9.63. The van der Waals surface area contributed by atoms with Gasteiger partial charge in [0.1, 0.15) is 0 Å². The second-order valence-electron chi connectivity index (χ2n) is 4.48. The van der Waals surface area contributed by atoms with Gasteiger partial charge in [-0.2, -0.15) is 0 Å². The number of hydrogen-bond acceptors (Lipinski definition) is 2. The molecule has 0 fully saturated rings. The number of Topliss-reactive ketones (excluding diaryl/α,β-unsaturated/α-hetero) is 1. The number of ketones is 1. The summed E-state index contributed by atoms with van der Waals surface area (Å²) in [6, 6.07) is 0. The van der Waals surface area contributed by atoms with Gasteiger partial charge >= 0.3 is 0 Å². The molecule has 0 aromatic heterocycles. The van der Waals surface area contributed by atoms with Crippen LogP contribution in [-0.4, -0.2) is 17.0 Å². The van der Waals surface area contributed by atoms with Gasteiger partial charge in [-0.05, 0) is 31.8 Å². The largest absolute Gasteiger partial charge is 0.393 e. The van der Waals surface area contributed by atoms with Crippen LogP contribution in [-0.2, 0) is 4.79 Å². The molecule has 0 aromatic rings. The number of aliphatic hydroxyl groups is 1. The van der Waals surface area contributed by atoms with E-state index in [1.54, 1.807) is 0 Å². The van der Waals surface area contributed by atoms with Gasteiger partial charge in [0.2, 0.25) is 0 Å². The Morgan fingerprint density at radius 2 is 2.33 bits per heavy atom. The highest BCUT2D eigenvalue weighted by molar-refractivity contribution is 5.96. The van der Waals surface area contributed by atoms with E-state index in [9.17, 15) is 9.90 Å². The third-order valence-corrected chi connectivity index (χ3v) is 3.25. The Bertz CT molecular complexity index is 302. The molecule has 0 spiro atoms. The fraction of sp³-hybridized carbons (Fsp3) is 0.615. The molecule has 0 saturated heterocycles. The van der Waals surface area contributed by atoms with Crippen molar-refractivity contribution in [2.45, 2.75) is 39.7 Å². The first-order chi connectivity index (χ1) is 6.97. The number of carbonyl (C=O) groups excluding carboxylic acids is 1. The molecule has 2 nitrogen and oxygen atoms in total. The van der Waals surface area contributed by atoms with Crippen LogP contribution in [0.25, 0.3) is 0 Å². The van der Waals surface area contributed by atoms with Crippen LogP contribution in [0.3, 0.4) is 0 Å². The van der Waals surface area contributed by atoms with Crippen LogP contribution in [0.4, 0.5) is 0 Å². The Balaban J connectivity index is 2.97. The average molecular weight is 208 g/mol. The lowest BCUT2D eigenvalue weighted by Crippen LogP contribution is -2.32. The highest BCUT2D eigenvalue weighted by Gasteiger charge is 2.32. The Labute approximate surface area is 91.7 Å². The Morgan fingerprint density at radius 3 is 2.80 bits per heavy atom. The maximum absolute atomic E-state index is 11.6. The van der Waals surface area contributed by atoms with E-state index in [2.05, 4.69) is 6.58 Å². The van der Waals surface area contributed by atoms with Gasteiger partial charge in [-0.25, -0.2) is 0 Å². The summed E-state index contributed by atoms with van der Waals surface area (Å²) < 4.78 is 0. The third kappa shape index (κ3) is 2.57. The Hall–Kier alpha value is -0.890. The van der Waals surface area contributed by atoms with Crippen LogP contribution in [0.1, 0.15) is 33.6 Å². The summed E-state index contributed by atoms with van der Waals surface area (Å²) in [5, 5.41) is 9.91. The summed E-state index contributed by atoms with van der Waals surface area (Å²) in [5.74, 6) is 0.351. The summed E-state index contributed by atoms with van der Waals surface area (Å²) in [7, 11) is 0. The molecule has 15 heavy (non-hydrogen) atoms. The van der Waals surface area contributed by atoms with Gasteiger partial charge in [0, 0.05) is 12.3 Å². The van der Waals surface area contributed by atoms with E-state index in [0.29, 0.717) is 12.8 Å². The van der Waals surface area contributed by atoms with Gasteiger partial charge in [0.05, 0.1) is 6.10 Å². The van der Waals surface area contributed by atoms with E-state index in [1.807, 2.05) is 26.8 Å². The summed E-state index contributed by atoms with van der Waals surface area (Å²) >= 11 is 0. The minimum atomic E-state index is -0.366.